The minimum Gasteiger partial charge on any atom is -0.466 e. The summed E-state index contributed by atoms with van der Waals surface area (Å²) in [4.78, 5) is 11.1. The molecule has 0 atom stereocenters. The molecule has 0 spiro atoms. The van der Waals surface area contributed by atoms with E-state index in [1.807, 2.05) is 6.92 Å². The molecule has 3 nitrogen and oxygen atoms in total. The van der Waals surface area contributed by atoms with Crippen molar-refractivity contribution in [1.29, 1.82) is 0 Å². The summed E-state index contributed by atoms with van der Waals surface area (Å²) in [5.41, 5.74) is 0. The second-order valence-electron chi connectivity index (χ2n) is 3.48. The van der Waals surface area contributed by atoms with Gasteiger partial charge in [-0.05, 0) is 32.9 Å². The summed E-state index contributed by atoms with van der Waals surface area (Å²) in [5, 5.41) is 3.20. The second kappa shape index (κ2) is 9.00. The van der Waals surface area contributed by atoms with Gasteiger partial charge in [-0.1, -0.05) is 20.3 Å². The molecular weight excluding hydrogens is 178 g/mol. The number of nitrogens with one attached hydrogen (secondary N) is 1. The Morgan fingerprint density at radius 2 is 1.79 bits per heavy atom. The molecule has 1 fully saturated rings. The molecule has 1 aliphatic rings. The molecule has 0 aromatic carbocycles. The summed E-state index contributed by atoms with van der Waals surface area (Å²) in [6.45, 7) is 8.49. The zero-order chi connectivity index (χ0) is 10.8. The lowest BCUT2D eigenvalue weighted by atomic mass is 9.99. The first kappa shape index (κ1) is 13.4. The molecule has 84 valence electrons. The molecule has 3 heteroatoms. The molecule has 0 aromatic heterocycles. The van der Waals surface area contributed by atoms with Crippen LogP contribution in [0.4, 0.5) is 0 Å². The molecule has 0 amide bonds. The number of esters is 1. The third-order valence-electron chi connectivity index (χ3n) is 1.96. The van der Waals surface area contributed by atoms with Crippen molar-refractivity contribution < 1.29 is 9.53 Å². The Hall–Kier alpha value is -0.570. The van der Waals surface area contributed by atoms with E-state index in [2.05, 4.69) is 19.2 Å². The molecule has 1 aliphatic heterocycles. The number of carbonyl (C=O) groups excluding carboxylic acids is 1. The zero-order valence-corrected chi connectivity index (χ0v) is 9.64. The van der Waals surface area contributed by atoms with Gasteiger partial charge in [-0.2, -0.15) is 0 Å². The van der Waals surface area contributed by atoms with Crippen LogP contribution in [0.3, 0.4) is 0 Å². The van der Waals surface area contributed by atoms with Gasteiger partial charge in [0.05, 0.1) is 12.5 Å². The fourth-order valence-corrected chi connectivity index (χ4v) is 1.32. The monoisotopic (exact) mass is 201 g/mol. The van der Waals surface area contributed by atoms with Gasteiger partial charge in [0.1, 0.15) is 0 Å². The number of carbonyl (C=O) groups is 1. The van der Waals surface area contributed by atoms with E-state index < -0.39 is 0 Å². The fourth-order valence-electron chi connectivity index (χ4n) is 1.32. The largest absolute Gasteiger partial charge is 0.466 e. The van der Waals surface area contributed by atoms with Crippen molar-refractivity contribution in [3.8, 4) is 0 Å². The Labute approximate surface area is 87.2 Å². The molecule has 0 bridgehead atoms. The Bertz CT molecular complexity index is 142. The van der Waals surface area contributed by atoms with Crippen molar-refractivity contribution in [1.82, 2.24) is 5.32 Å². The first-order chi connectivity index (χ1) is 6.76. The van der Waals surface area contributed by atoms with Crippen LogP contribution in [0, 0.1) is 5.92 Å². The fraction of sp³-hybridized carbons (Fsp3) is 0.909. The molecule has 1 rings (SSSR count). The van der Waals surface area contributed by atoms with E-state index >= 15 is 0 Å². The van der Waals surface area contributed by atoms with E-state index in [1.54, 1.807) is 0 Å². The lowest BCUT2D eigenvalue weighted by molar-refractivity contribution is -0.148. The lowest BCUT2D eigenvalue weighted by Crippen LogP contribution is -2.32. The molecule has 0 radical (unpaired) electrons. The maximum atomic E-state index is 11.1. The first-order valence-corrected chi connectivity index (χ1v) is 5.63. The minimum absolute atomic E-state index is 0.0194. The van der Waals surface area contributed by atoms with Crippen LogP contribution >= 0.6 is 0 Å². The van der Waals surface area contributed by atoms with Crippen LogP contribution < -0.4 is 5.32 Å². The number of hydrogen-bond acceptors (Lipinski definition) is 3. The van der Waals surface area contributed by atoms with Crippen LogP contribution in [0.2, 0.25) is 0 Å². The molecule has 1 heterocycles. The van der Waals surface area contributed by atoms with Gasteiger partial charge < -0.3 is 10.1 Å². The van der Waals surface area contributed by atoms with Gasteiger partial charge in [0.2, 0.25) is 0 Å². The highest BCUT2D eigenvalue weighted by Crippen LogP contribution is 2.12. The number of piperidine rings is 1. The topological polar surface area (TPSA) is 38.3 Å². The third kappa shape index (κ3) is 5.97. The molecular formula is C11H23NO2. The van der Waals surface area contributed by atoms with E-state index in [4.69, 9.17) is 4.74 Å². The standard InChI is InChI=1S/C8H15NO2.C3H8/c1-2-11-8(10)7-3-5-9-6-4-7;1-3-2/h7,9H,2-6H2,1H3;3H2,1-2H3. The van der Waals surface area contributed by atoms with Crippen LogP contribution in [-0.4, -0.2) is 25.7 Å². The van der Waals surface area contributed by atoms with Crippen molar-refractivity contribution >= 4 is 5.97 Å². The van der Waals surface area contributed by atoms with E-state index in [0.29, 0.717) is 6.61 Å². The predicted octanol–water partition coefficient (Wildman–Crippen LogP) is 1.97. The smallest absolute Gasteiger partial charge is 0.309 e. The Kier molecular flexibility index (Phi) is 8.64. The van der Waals surface area contributed by atoms with Gasteiger partial charge in [0.15, 0.2) is 0 Å². The zero-order valence-electron chi connectivity index (χ0n) is 9.64. The van der Waals surface area contributed by atoms with Crippen LogP contribution in [-0.2, 0) is 9.53 Å². The minimum atomic E-state index is -0.0194. The quantitative estimate of drug-likeness (QED) is 0.694. The van der Waals surface area contributed by atoms with Crippen molar-refractivity contribution in [2.75, 3.05) is 19.7 Å². The Morgan fingerprint density at radius 3 is 2.21 bits per heavy atom. The number of rotatable bonds is 2. The molecule has 14 heavy (non-hydrogen) atoms. The number of hydrogen-bond donors (Lipinski definition) is 1. The van der Waals surface area contributed by atoms with Crippen molar-refractivity contribution in [3.05, 3.63) is 0 Å². The van der Waals surface area contributed by atoms with E-state index in [0.717, 1.165) is 25.9 Å². The van der Waals surface area contributed by atoms with Gasteiger partial charge >= 0.3 is 5.97 Å². The first-order valence-electron chi connectivity index (χ1n) is 5.63. The van der Waals surface area contributed by atoms with Crippen LogP contribution in [0.1, 0.15) is 40.0 Å². The third-order valence-corrected chi connectivity index (χ3v) is 1.96. The summed E-state index contributed by atoms with van der Waals surface area (Å²) in [6.07, 6.45) is 3.11. The van der Waals surface area contributed by atoms with Crippen LogP contribution in [0.5, 0.6) is 0 Å². The van der Waals surface area contributed by atoms with Crippen molar-refractivity contribution in [3.63, 3.8) is 0 Å². The molecule has 1 N–H and O–H groups in total. The molecule has 0 aliphatic carbocycles. The lowest BCUT2D eigenvalue weighted by Gasteiger charge is -2.20. The molecule has 0 saturated carbocycles. The van der Waals surface area contributed by atoms with Gasteiger partial charge in [0, 0.05) is 0 Å². The van der Waals surface area contributed by atoms with E-state index in [1.165, 1.54) is 6.42 Å². The Balaban J connectivity index is 0.000000500. The predicted molar refractivity (Wildman–Crippen MR) is 58.2 cm³/mol. The summed E-state index contributed by atoms with van der Waals surface area (Å²) in [5.74, 6) is 0.130. The van der Waals surface area contributed by atoms with Gasteiger partial charge in [-0.25, -0.2) is 0 Å². The van der Waals surface area contributed by atoms with Crippen molar-refractivity contribution in [2.45, 2.75) is 40.0 Å². The summed E-state index contributed by atoms with van der Waals surface area (Å²) in [7, 11) is 0. The van der Waals surface area contributed by atoms with E-state index in [9.17, 15) is 4.79 Å². The summed E-state index contributed by atoms with van der Waals surface area (Å²) < 4.78 is 4.91. The SMILES string of the molecule is CCC.CCOC(=O)C1CCNCC1. The highest BCUT2D eigenvalue weighted by Gasteiger charge is 2.21. The molecule has 0 unspecified atom stereocenters. The Morgan fingerprint density at radius 1 is 1.29 bits per heavy atom. The molecule has 1 saturated heterocycles. The number of ether oxygens (including phenoxy) is 1. The van der Waals surface area contributed by atoms with E-state index in [-0.39, 0.29) is 11.9 Å². The second-order valence-corrected chi connectivity index (χ2v) is 3.48. The highest BCUT2D eigenvalue weighted by atomic mass is 16.5. The normalized spacial score (nSPS) is 16.8. The average Bonchev–Trinajstić information content (AvgIpc) is 2.21. The maximum Gasteiger partial charge on any atom is 0.309 e. The molecule has 0 aromatic rings. The van der Waals surface area contributed by atoms with Crippen LogP contribution in [0.15, 0.2) is 0 Å². The van der Waals surface area contributed by atoms with Gasteiger partial charge in [0.25, 0.3) is 0 Å². The van der Waals surface area contributed by atoms with Gasteiger partial charge in [-0.3, -0.25) is 4.79 Å². The average molecular weight is 201 g/mol. The summed E-state index contributed by atoms with van der Waals surface area (Å²) in [6, 6.07) is 0. The van der Waals surface area contributed by atoms with Crippen LogP contribution in [0.25, 0.3) is 0 Å². The maximum absolute atomic E-state index is 11.1. The highest BCUT2D eigenvalue weighted by molar-refractivity contribution is 5.72. The summed E-state index contributed by atoms with van der Waals surface area (Å²) >= 11 is 0. The van der Waals surface area contributed by atoms with Gasteiger partial charge in [-0.15, -0.1) is 0 Å². The van der Waals surface area contributed by atoms with Crippen molar-refractivity contribution in [2.24, 2.45) is 5.92 Å².